The normalized spacial score (nSPS) is 12.8. The highest BCUT2D eigenvalue weighted by atomic mass is 16.4. The van der Waals surface area contributed by atoms with Crippen molar-refractivity contribution in [2.45, 2.75) is 25.3 Å². The molecule has 0 fully saturated rings. The largest absolute Gasteiger partial charge is 0.480 e. The van der Waals surface area contributed by atoms with Gasteiger partial charge in [-0.05, 0) is 19.4 Å². The van der Waals surface area contributed by atoms with Gasteiger partial charge in [-0.2, -0.15) is 0 Å². The highest BCUT2D eigenvalue weighted by molar-refractivity contribution is 5.73. The van der Waals surface area contributed by atoms with Gasteiger partial charge in [0, 0.05) is 13.1 Å². The van der Waals surface area contributed by atoms with Gasteiger partial charge in [-0.1, -0.05) is 6.42 Å². The number of hydrogen-bond donors (Lipinski definition) is 4. The summed E-state index contributed by atoms with van der Waals surface area (Å²) in [4.78, 5) is 10.7. The molecule has 0 heterocycles. The summed E-state index contributed by atoms with van der Waals surface area (Å²) in [5, 5.41) is 11.6. The topological polar surface area (TPSA) is 101 Å². The predicted octanol–water partition coefficient (Wildman–Crippen LogP) is -0.883. The van der Waals surface area contributed by atoms with Gasteiger partial charge in [0.25, 0.3) is 0 Å². The molecule has 0 spiro atoms. The zero-order valence-corrected chi connectivity index (χ0v) is 7.83. The summed E-state index contributed by atoms with van der Waals surface area (Å²) in [6.07, 6.45) is 2.33. The minimum Gasteiger partial charge on any atom is -0.480 e. The number of aliphatic carboxylic acids is 1. The Hall–Kier alpha value is -0.650. The van der Waals surface area contributed by atoms with Crippen molar-refractivity contribution in [3.63, 3.8) is 0 Å². The van der Waals surface area contributed by atoms with Crippen LogP contribution in [0.5, 0.6) is 0 Å². The summed E-state index contributed by atoms with van der Waals surface area (Å²) in [5.41, 5.74) is 10.6. The Bertz CT molecular complexity index is 141. The van der Waals surface area contributed by atoms with Crippen molar-refractivity contribution >= 4 is 5.97 Å². The van der Waals surface area contributed by atoms with Gasteiger partial charge in [-0.15, -0.1) is 0 Å². The van der Waals surface area contributed by atoms with Crippen LogP contribution in [0.1, 0.15) is 19.3 Å². The average Bonchev–Trinajstić information content (AvgIpc) is 2.10. The fourth-order valence-corrected chi connectivity index (χ4v) is 1.06. The van der Waals surface area contributed by atoms with Crippen molar-refractivity contribution in [1.29, 1.82) is 0 Å². The number of nitrogens with two attached hydrogens (primary N) is 2. The zero-order chi connectivity index (χ0) is 10.1. The third-order valence-electron chi connectivity index (χ3n) is 1.78. The first-order valence-corrected chi connectivity index (χ1v) is 4.58. The maximum absolute atomic E-state index is 10.7. The number of carbonyl (C=O) groups is 1. The molecule has 0 aliphatic rings. The SMILES string of the molecule is NCCCC[C@@H](NCCN)C(=O)O. The molecule has 0 aliphatic heterocycles. The molecule has 13 heavy (non-hydrogen) atoms. The molecule has 0 saturated carbocycles. The number of hydrogen-bond acceptors (Lipinski definition) is 4. The quantitative estimate of drug-likeness (QED) is 0.371. The van der Waals surface area contributed by atoms with E-state index in [-0.39, 0.29) is 0 Å². The standard InChI is InChI=1S/C8H19N3O2/c9-4-2-1-3-7(8(12)13)11-6-5-10/h7,11H,1-6,9-10H2,(H,12,13)/t7-/m1/s1. The third-order valence-corrected chi connectivity index (χ3v) is 1.78. The van der Waals surface area contributed by atoms with Crippen LogP contribution in [-0.2, 0) is 4.79 Å². The summed E-state index contributed by atoms with van der Waals surface area (Å²) < 4.78 is 0. The van der Waals surface area contributed by atoms with Crippen LogP contribution in [0.2, 0.25) is 0 Å². The summed E-state index contributed by atoms with van der Waals surface area (Å²) >= 11 is 0. The first-order chi connectivity index (χ1) is 6.22. The van der Waals surface area contributed by atoms with Crippen molar-refractivity contribution in [3.8, 4) is 0 Å². The van der Waals surface area contributed by atoms with Crippen LogP contribution >= 0.6 is 0 Å². The molecule has 0 bridgehead atoms. The van der Waals surface area contributed by atoms with E-state index in [0.717, 1.165) is 12.8 Å². The predicted molar refractivity (Wildman–Crippen MR) is 51.4 cm³/mol. The molecule has 0 aromatic rings. The van der Waals surface area contributed by atoms with Crippen LogP contribution < -0.4 is 16.8 Å². The minimum absolute atomic E-state index is 0.459. The van der Waals surface area contributed by atoms with Crippen molar-refractivity contribution < 1.29 is 9.90 Å². The van der Waals surface area contributed by atoms with Gasteiger partial charge in [0.05, 0.1) is 0 Å². The summed E-state index contributed by atoms with van der Waals surface area (Å²) in [5.74, 6) is -0.814. The van der Waals surface area contributed by atoms with Crippen molar-refractivity contribution in [3.05, 3.63) is 0 Å². The molecule has 6 N–H and O–H groups in total. The Morgan fingerprint density at radius 2 is 2.00 bits per heavy atom. The Morgan fingerprint density at radius 3 is 2.46 bits per heavy atom. The molecule has 0 rings (SSSR count). The number of unbranched alkanes of at least 4 members (excludes halogenated alkanes) is 1. The number of carboxylic acid groups (broad SMARTS) is 1. The van der Waals surface area contributed by atoms with E-state index in [1.54, 1.807) is 0 Å². The Kier molecular flexibility index (Phi) is 7.57. The molecule has 0 unspecified atom stereocenters. The minimum atomic E-state index is -0.814. The van der Waals surface area contributed by atoms with Crippen LogP contribution in [0.25, 0.3) is 0 Å². The first-order valence-electron chi connectivity index (χ1n) is 4.58. The van der Waals surface area contributed by atoms with E-state index in [2.05, 4.69) is 5.32 Å². The molecule has 5 nitrogen and oxygen atoms in total. The lowest BCUT2D eigenvalue weighted by Crippen LogP contribution is -2.39. The molecule has 1 atom stereocenters. The fourth-order valence-electron chi connectivity index (χ4n) is 1.06. The van der Waals surface area contributed by atoms with E-state index >= 15 is 0 Å². The van der Waals surface area contributed by atoms with E-state index in [9.17, 15) is 4.79 Å². The van der Waals surface area contributed by atoms with Gasteiger partial charge < -0.3 is 21.9 Å². The second-order valence-electron chi connectivity index (χ2n) is 2.92. The molecule has 0 amide bonds. The van der Waals surface area contributed by atoms with Gasteiger partial charge in [0.15, 0.2) is 0 Å². The molecule has 0 aromatic carbocycles. The fraction of sp³-hybridized carbons (Fsp3) is 0.875. The molecule has 0 saturated heterocycles. The molecule has 0 radical (unpaired) electrons. The monoisotopic (exact) mass is 189 g/mol. The van der Waals surface area contributed by atoms with Crippen molar-refractivity contribution in [1.82, 2.24) is 5.32 Å². The van der Waals surface area contributed by atoms with Gasteiger partial charge in [-0.25, -0.2) is 0 Å². The van der Waals surface area contributed by atoms with E-state index < -0.39 is 12.0 Å². The first kappa shape index (κ1) is 12.3. The maximum atomic E-state index is 10.7. The van der Waals surface area contributed by atoms with Crippen LogP contribution in [0.4, 0.5) is 0 Å². The zero-order valence-electron chi connectivity index (χ0n) is 7.83. The van der Waals surface area contributed by atoms with Crippen LogP contribution in [0.15, 0.2) is 0 Å². The van der Waals surface area contributed by atoms with E-state index in [1.807, 2.05) is 0 Å². The Labute approximate surface area is 78.5 Å². The summed E-state index contributed by atoms with van der Waals surface area (Å²) in [6, 6.07) is -0.477. The highest BCUT2D eigenvalue weighted by Crippen LogP contribution is 1.99. The lowest BCUT2D eigenvalue weighted by Gasteiger charge is -2.12. The van der Waals surface area contributed by atoms with Crippen molar-refractivity contribution in [2.75, 3.05) is 19.6 Å². The second-order valence-corrected chi connectivity index (χ2v) is 2.92. The second kappa shape index (κ2) is 7.97. The smallest absolute Gasteiger partial charge is 0.320 e. The number of rotatable bonds is 8. The molecular weight excluding hydrogens is 170 g/mol. The number of carboxylic acids is 1. The highest BCUT2D eigenvalue weighted by Gasteiger charge is 2.14. The molecular formula is C8H19N3O2. The molecule has 78 valence electrons. The lowest BCUT2D eigenvalue weighted by molar-refractivity contribution is -0.139. The number of nitrogens with one attached hydrogen (secondary N) is 1. The Morgan fingerprint density at radius 1 is 1.31 bits per heavy atom. The van der Waals surface area contributed by atoms with Gasteiger partial charge in [0.1, 0.15) is 6.04 Å². The van der Waals surface area contributed by atoms with E-state index in [1.165, 1.54) is 0 Å². The van der Waals surface area contributed by atoms with Crippen LogP contribution in [0.3, 0.4) is 0 Å². The molecule has 5 heteroatoms. The molecule has 0 aromatic heterocycles. The maximum Gasteiger partial charge on any atom is 0.320 e. The summed E-state index contributed by atoms with van der Waals surface area (Å²) in [7, 11) is 0. The lowest BCUT2D eigenvalue weighted by atomic mass is 10.1. The summed E-state index contributed by atoms with van der Waals surface area (Å²) in [6.45, 7) is 1.61. The average molecular weight is 189 g/mol. The van der Waals surface area contributed by atoms with Gasteiger partial charge in [0.2, 0.25) is 0 Å². The van der Waals surface area contributed by atoms with Gasteiger partial charge >= 0.3 is 5.97 Å². The van der Waals surface area contributed by atoms with Crippen LogP contribution in [0, 0.1) is 0 Å². The van der Waals surface area contributed by atoms with Crippen molar-refractivity contribution in [2.24, 2.45) is 11.5 Å². The van der Waals surface area contributed by atoms with E-state index in [0.29, 0.717) is 26.1 Å². The van der Waals surface area contributed by atoms with Crippen LogP contribution in [-0.4, -0.2) is 36.8 Å². The van der Waals surface area contributed by atoms with E-state index in [4.69, 9.17) is 16.6 Å². The van der Waals surface area contributed by atoms with Gasteiger partial charge in [-0.3, -0.25) is 4.79 Å². The Balaban J connectivity index is 3.61. The third kappa shape index (κ3) is 6.51. The molecule has 0 aliphatic carbocycles.